The number of rotatable bonds is 6. The molecule has 0 bridgehead atoms. The summed E-state index contributed by atoms with van der Waals surface area (Å²) in [7, 11) is 0. The van der Waals surface area contributed by atoms with Gasteiger partial charge in [0.1, 0.15) is 13.1 Å². The highest BCUT2D eigenvalue weighted by Gasteiger charge is 2.28. The van der Waals surface area contributed by atoms with E-state index in [2.05, 4.69) is 10.3 Å². The Labute approximate surface area is 130 Å². The zero-order valence-electron chi connectivity index (χ0n) is 12.4. The Morgan fingerprint density at radius 1 is 1.39 bits per heavy atom. The molecule has 1 atom stereocenters. The summed E-state index contributed by atoms with van der Waals surface area (Å²) in [6.45, 7) is 0.0944. The molecular weight excluding hydrogens is 313 g/mol. The number of amides is 1. The van der Waals surface area contributed by atoms with Gasteiger partial charge in [0.15, 0.2) is 0 Å². The lowest BCUT2D eigenvalue weighted by atomic mass is 10.3. The van der Waals surface area contributed by atoms with Crippen LogP contribution in [0, 0.1) is 0 Å². The summed E-state index contributed by atoms with van der Waals surface area (Å²) in [5, 5.41) is 14.0. The number of benzene rings is 1. The molecule has 23 heavy (non-hydrogen) atoms. The molecule has 2 aromatic rings. The van der Waals surface area contributed by atoms with Gasteiger partial charge in [0.25, 0.3) is 0 Å². The zero-order chi connectivity index (χ0) is 17.0. The van der Waals surface area contributed by atoms with Gasteiger partial charge in [0.2, 0.25) is 11.9 Å². The van der Waals surface area contributed by atoms with Crippen LogP contribution in [-0.2, 0) is 11.3 Å². The molecule has 0 aliphatic rings. The van der Waals surface area contributed by atoms with Crippen LogP contribution in [0.4, 0.5) is 19.1 Å². The monoisotopic (exact) mass is 330 g/mol. The molecular formula is C14H17F3N4O2. The van der Waals surface area contributed by atoms with Crippen molar-refractivity contribution in [3.05, 3.63) is 24.3 Å². The molecule has 1 heterocycles. The molecule has 126 valence electrons. The molecule has 0 fully saturated rings. The highest BCUT2D eigenvalue weighted by atomic mass is 19.4. The van der Waals surface area contributed by atoms with E-state index in [0.717, 1.165) is 0 Å². The molecule has 9 heteroatoms. The smallest absolute Gasteiger partial charge is 0.392 e. The van der Waals surface area contributed by atoms with Crippen LogP contribution in [0.5, 0.6) is 0 Å². The highest BCUT2D eigenvalue weighted by molar-refractivity contribution is 5.83. The van der Waals surface area contributed by atoms with Gasteiger partial charge in [0.05, 0.1) is 17.1 Å². The lowest BCUT2D eigenvalue weighted by molar-refractivity contribution is -0.138. The van der Waals surface area contributed by atoms with Crippen LogP contribution in [0.25, 0.3) is 11.0 Å². The van der Waals surface area contributed by atoms with Crippen molar-refractivity contribution in [2.45, 2.75) is 25.7 Å². The number of fused-ring (bicyclic) bond motifs is 1. The summed E-state index contributed by atoms with van der Waals surface area (Å²) < 4.78 is 38.0. The van der Waals surface area contributed by atoms with Gasteiger partial charge in [-0.1, -0.05) is 12.1 Å². The second-order valence-corrected chi connectivity index (χ2v) is 5.13. The summed E-state index contributed by atoms with van der Waals surface area (Å²) in [6.07, 6.45) is -5.10. The van der Waals surface area contributed by atoms with Crippen molar-refractivity contribution < 1.29 is 23.1 Å². The molecule has 1 aromatic heterocycles. The van der Waals surface area contributed by atoms with Crippen LogP contribution < -0.4 is 10.6 Å². The maximum Gasteiger partial charge on any atom is 0.405 e. The van der Waals surface area contributed by atoms with Crippen molar-refractivity contribution in [3.8, 4) is 0 Å². The maximum absolute atomic E-state index is 12.2. The Kier molecular flexibility index (Phi) is 5.09. The number of aromatic nitrogens is 2. The molecule has 1 amide bonds. The molecule has 0 spiro atoms. The molecule has 0 saturated heterocycles. The summed E-state index contributed by atoms with van der Waals surface area (Å²) in [6, 6.07) is 6.95. The van der Waals surface area contributed by atoms with Gasteiger partial charge in [-0.25, -0.2) is 4.98 Å². The van der Waals surface area contributed by atoms with E-state index in [0.29, 0.717) is 17.0 Å². The number of halogens is 3. The number of imidazole rings is 1. The van der Waals surface area contributed by atoms with Crippen molar-refractivity contribution in [3.63, 3.8) is 0 Å². The Hall–Kier alpha value is -2.29. The predicted molar refractivity (Wildman–Crippen MR) is 79.0 cm³/mol. The van der Waals surface area contributed by atoms with Crippen molar-refractivity contribution in [2.75, 3.05) is 18.4 Å². The number of nitrogens with zero attached hydrogens (tertiary/aromatic N) is 2. The third-order valence-electron chi connectivity index (χ3n) is 3.00. The van der Waals surface area contributed by atoms with Crippen LogP contribution in [0.1, 0.15) is 6.92 Å². The summed E-state index contributed by atoms with van der Waals surface area (Å²) in [5.41, 5.74) is 1.21. The normalized spacial score (nSPS) is 13.1. The standard InChI is InChI=1S/C14H17F3N4O2/c1-9(22)6-18-13-20-10-4-2-3-5-11(10)21(13)7-12(23)19-8-14(15,16)17/h2-5,9,22H,6-8H2,1H3,(H,18,20)(H,19,23)/t9-/m0/s1. The first-order valence-corrected chi connectivity index (χ1v) is 6.97. The Morgan fingerprint density at radius 2 is 2.09 bits per heavy atom. The first-order chi connectivity index (χ1) is 10.8. The van der Waals surface area contributed by atoms with E-state index in [9.17, 15) is 23.1 Å². The van der Waals surface area contributed by atoms with E-state index in [1.165, 1.54) is 4.57 Å². The van der Waals surface area contributed by atoms with Gasteiger partial charge in [-0.05, 0) is 19.1 Å². The van der Waals surface area contributed by atoms with Crippen molar-refractivity contribution in [2.24, 2.45) is 0 Å². The predicted octanol–water partition coefficient (Wildman–Crippen LogP) is 1.51. The van der Waals surface area contributed by atoms with Crippen molar-refractivity contribution in [1.82, 2.24) is 14.9 Å². The van der Waals surface area contributed by atoms with E-state index in [1.807, 2.05) is 5.32 Å². The molecule has 0 aliphatic carbocycles. The fourth-order valence-corrected chi connectivity index (χ4v) is 2.01. The fourth-order valence-electron chi connectivity index (χ4n) is 2.01. The minimum absolute atomic E-state index is 0.202. The molecule has 3 N–H and O–H groups in total. The molecule has 0 radical (unpaired) electrons. The topological polar surface area (TPSA) is 79.2 Å². The van der Waals surface area contributed by atoms with E-state index in [1.54, 1.807) is 31.2 Å². The Morgan fingerprint density at radius 3 is 2.74 bits per heavy atom. The second kappa shape index (κ2) is 6.86. The molecule has 0 unspecified atom stereocenters. The summed E-state index contributed by atoms with van der Waals surface area (Å²) in [4.78, 5) is 16.0. The lowest BCUT2D eigenvalue weighted by Crippen LogP contribution is -2.36. The van der Waals surface area contributed by atoms with Crippen LogP contribution >= 0.6 is 0 Å². The number of alkyl halides is 3. The van der Waals surface area contributed by atoms with Crippen LogP contribution in [-0.4, -0.2) is 45.9 Å². The molecule has 2 rings (SSSR count). The first-order valence-electron chi connectivity index (χ1n) is 6.97. The van der Waals surface area contributed by atoms with E-state index < -0.39 is 24.7 Å². The largest absolute Gasteiger partial charge is 0.405 e. The highest BCUT2D eigenvalue weighted by Crippen LogP contribution is 2.19. The number of anilines is 1. The van der Waals surface area contributed by atoms with Gasteiger partial charge in [-0.15, -0.1) is 0 Å². The molecule has 6 nitrogen and oxygen atoms in total. The maximum atomic E-state index is 12.2. The summed E-state index contributed by atoms with van der Waals surface area (Å²) >= 11 is 0. The van der Waals surface area contributed by atoms with Gasteiger partial charge in [-0.3, -0.25) is 4.79 Å². The van der Waals surface area contributed by atoms with Crippen molar-refractivity contribution >= 4 is 22.9 Å². The number of hydrogen-bond acceptors (Lipinski definition) is 4. The van der Waals surface area contributed by atoms with Crippen LogP contribution in [0.2, 0.25) is 0 Å². The first kappa shape index (κ1) is 17.1. The van der Waals surface area contributed by atoms with E-state index in [4.69, 9.17) is 0 Å². The Bertz CT molecular complexity index is 682. The van der Waals surface area contributed by atoms with Crippen LogP contribution in [0.3, 0.4) is 0 Å². The Balaban J connectivity index is 2.19. The number of para-hydroxylation sites is 2. The van der Waals surface area contributed by atoms with Gasteiger partial charge in [-0.2, -0.15) is 13.2 Å². The third-order valence-corrected chi connectivity index (χ3v) is 3.00. The quantitative estimate of drug-likeness (QED) is 0.750. The number of carbonyl (C=O) groups excluding carboxylic acids is 1. The average molecular weight is 330 g/mol. The minimum atomic E-state index is -4.46. The molecule has 1 aromatic carbocycles. The summed E-state index contributed by atoms with van der Waals surface area (Å²) in [5.74, 6) is -0.458. The van der Waals surface area contributed by atoms with Gasteiger partial charge in [0, 0.05) is 6.54 Å². The van der Waals surface area contributed by atoms with Gasteiger partial charge < -0.3 is 20.3 Å². The number of nitrogens with one attached hydrogen (secondary N) is 2. The van der Waals surface area contributed by atoms with E-state index in [-0.39, 0.29) is 13.1 Å². The van der Waals surface area contributed by atoms with Gasteiger partial charge >= 0.3 is 6.18 Å². The SMILES string of the molecule is C[C@H](O)CNc1nc2ccccc2n1CC(=O)NCC(F)(F)F. The second-order valence-electron chi connectivity index (χ2n) is 5.13. The average Bonchev–Trinajstić information content (AvgIpc) is 2.80. The van der Waals surface area contributed by atoms with Crippen LogP contribution in [0.15, 0.2) is 24.3 Å². The zero-order valence-corrected chi connectivity index (χ0v) is 12.4. The number of hydrogen-bond donors (Lipinski definition) is 3. The number of aliphatic hydroxyl groups excluding tert-OH is 1. The molecule has 0 aliphatic heterocycles. The minimum Gasteiger partial charge on any atom is -0.392 e. The van der Waals surface area contributed by atoms with Crippen molar-refractivity contribution in [1.29, 1.82) is 0 Å². The molecule has 0 saturated carbocycles. The number of carbonyl (C=O) groups is 1. The lowest BCUT2D eigenvalue weighted by Gasteiger charge is -2.13. The van der Waals surface area contributed by atoms with E-state index >= 15 is 0 Å². The fraction of sp³-hybridized carbons (Fsp3) is 0.429. The number of aliphatic hydroxyl groups is 1. The third kappa shape index (κ3) is 4.85.